The van der Waals surface area contributed by atoms with Gasteiger partial charge in [0.2, 0.25) is 11.4 Å². The summed E-state index contributed by atoms with van der Waals surface area (Å²) in [6.07, 6.45) is 8.04. The average Bonchev–Trinajstić information content (AvgIpc) is 3.40. The van der Waals surface area contributed by atoms with Crippen molar-refractivity contribution in [1.82, 2.24) is 4.98 Å². The van der Waals surface area contributed by atoms with Gasteiger partial charge in [-0.05, 0) is 54.3 Å². The second-order valence-corrected chi connectivity index (χ2v) is 8.43. The molecule has 0 spiro atoms. The zero-order valence-electron chi connectivity index (χ0n) is 18.4. The summed E-state index contributed by atoms with van der Waals surface area (Å²) in [7, 11) is 2.09. The number of benzene rings is 2. The molecule has 3 nitrogen and oxygen atoms in total. The minimum atomic E-state index is -0.479. The minimum Gasteiger partial charge on any atom is -0.437 e. The van der Waals surface area contributed by atoms with E-state index in [9.17, 15) is 0 Å². The molecule has 30 heavy (non-hydrogen) atoms. The van der Waals surface area contributed by atoms with E-state index < -0.39 is 5.89 Å². The molecule has 0 unspecified atom stereocenters. The van der Waals surface area contributed by atoms with Gasteiger partial charge in [0.05, 0.1) is 5.56 Å². The Balaban J connectivity index is 1.76. The van der Waals surface area contributed by atoms with Crippen LogP contribution in [0.4, 0.5) is 0 Å². The monoisotopic (exact) mass is 394 g/mol. The van der Waals surface area contributed by atoms with Crippen molar-refractivity contribution in [3.05, 3.63) is 72.1 Å². The van der Waals surface area contributed by atoms with Gasteiger partial charge in [-0.25, -0.2) is 9.55 Å². The van der Waals surface area contributed by atoms with Crippen molar-refractivity contribution in [2.24, 2.45) is 7.05 Å². The van der Waals surface area contributed by atoms with Gasteiger partial charge in [0.1, 0.15) is 12.6 Å². The van der Waals surface area contributed by atoms with Gasteiger partial charge in [0, 0.05) is 35.9 Å². The SMILES string of the molecule is [2H]C1(c2cc[n+](C)c(-c3c(C)c4ccccc4c4oc5ncccc5c34)c2)CCCC1. The molecule has 0 atom stereocenters. The third-order valence-electron chi connectivity index (χ3n) is 6.69. The van der Waals surface area contributed by atoms with E-state index in [1.807, 2.05) is 6.07 Å². The lowest BCUT2D eigenvalue weighted by molar-refractivity contribution is -0.660. The fraction of sp³-hybridized carbons (Fsp3) is 0.259. The van der Waals surface area contributed by atoms with Crippen LogP contribution in [0.3, 0.4) is 0 Å². The lowest BCUT2D eigenvalue weighted by atomic mass is 9.90. The summed E-state index contributed by atoms with van der Waals surface area (Å²) >= 11 is 0. The highest BCUT2D eigenvalue weighted by Crippen LogP contribution is 2.43. The van der Waals surface area contributed by atoms with Crippen molar-refractivity contribution in [3.63, 3.8) is 0 Å². The van der Waals surface area contributed by atoms with Crippen LogP contribution in [-0.2, 0) is 7.05 Å². The van der Waals surface area contributed by atoms with Gasteiger partial charge in [0.25, 0.3) is 0 Å². The largest absolute Gasteiger partial charge is 0.437 e. The van der Waals surface area contributed by atoms with E-state index in [0.29, 0.717) is 5.71 Å². The molecule has 148 valence electrons. The first-order valence-electron chi connectivity index (χ1n) is 11.3. The van der Waals surface area contributed by atoms with Crippen molar-refractivity contribution in [2.75, 3.05) is 0 Å². The van der Waals surface area contributed by atoms with Crippen LogP contribution in [0.1, 0.15) is 44.1 Å². The molecule has 6 rings (SSSR count). The number of hydrogen-bond acceptors (Lipinski definition) is 2. The zero-order valence-corrected chi connectivity index (χ0v) is 17.4. The van der Waals surface area contributed by atoms with Crippen LogP contribution in [0.5, 0.6) is 0 Å². The van der Waals surface area contributed by atoms with E-state index in [1.54, 1.807) is 6.20 Å². The first kappa shape index (κ1) is 16.6. The van der Waals surface area contributed by atoms with Crippen LogP contribution in [0.15, 0.2) is 65.3 Å². The smallest absolute Gasteiger partial charge is 0.227 e. The Morgan fingerprint density at radius 3 is 2.63 bits per heavy atom. The molecule has 0 N–H and O–H groups in total. The third kappa shape index (κ3) is 2.51. The molecule has 3 aromatic heterocycles. The Kier molecular flexibility index (Phi) is 3.68. The van der Waals surface area contributed by atoms with Gasteiger partial charge in [-0.3, -0.25) is 0 Å². The van der Waals surface area contributed by atoms with Crippen molar-refractivity contribution in [2.45, 2.75) is 38.5 Å². The zero-order chi connectivity index (χ0) is 21.2. The number of aryl methyl sites for hydroxylation is 2. The quantitative estimate of drug-likeness (QED) is 0.316. The van der Waals surface area contributed by atoms with Gasteiger partial charge in [0.15, 0.2) is 6.20 Å². The average molecular weight is 395 g/mol. The molecule has 1 saturated carbocycles. The lowest BCUT2D eigenvalue weighted by Crippen LogP contribution is -2.31. The van der Waals surface area contributed by atoms with Gasteiger partial charge in [-0.15, -0.1) is 0 Å². The van der Waals surface area contributed by atoms with Crippen LogP contribution in [0.25, 0.3) is 44.1 Å². The van der Waals surface area contributed by atoms with E-state index in [2.05, 4.69) is 72.2 Å². The summed E-state index contributed by atoms with van der Waals surface area (Å²) in [5.74, 6) is -0.479. The number of rotatable bonds is 2. The van der Waals surface area contributed by atoms with Crippen molar-refractivity contribution < 1.29 is 10.4 Å². The summed E-state index contributed by atoms with van der Waals surface area (Å²) in [4.78, 5) is 4.50. The Labute approximate surface area is 177 Å². The second-order valence-electron chi connectivity index (χ2n) is 8.43. The fourth-order valence-corrected chi connectivity index (χ4v) is 5.15. The standard InChI is InChI=1S/C27H25N2O/c1-17-20-10-5-6-11-21(20)26-25(22-12-7-14-28-27(22)30-26)24(17)23-16-19(13-15-29(23)2)18-8-3-4-9-18/h5-7,10-16,18H,3-4,8-9H2,1-2H3/q+1/i18D. The van der Waals surface area contributed by atoms with E-state index in [0.717, 1.165) is 58.7 Å². The van der Waals surface area contributed by atoms with Crippen LogP contribution in [-0.4, -0.2) is 4.98 Å². The Hall–Kier alpha value is -3.20. The lowest BCUT2D eigenvalue weighted by Gasteiger charge is -2.13. The molecule has 1 aliphatic rings. The molecule has 3 heteroatoms. The molecule has 0 radical (unpaired) electrons. The normalized spacial score (nSPS) is 16.5. The maximum absolute atomic E-state index is 9.06. The second kappa shape index (κ2) is 6.66. The first-order valence-corrected chi connectivity index (χ1v) is 10.8. The molecule has 0 bridgehead atoms. The van der Waals surface area contributed by atoms with E-state index in [4.69, 9.17) is 5.79 Å². The first-order chi connectivity index (χ1) is 15.1. The van der Waals surface area contributed by atoms with E-state index in [1.165, 1.54) is 16.5 Å². The van der Waals surface area contributed by atoms with E-state index >= 15 is 0 Å². The van der Waals surface area contributed by atoms with Crippen molar-refractivity contribution in [3.8, 4) is 11.3 Å². The molecule has 0 saturated heterocycles. The van der Waals surface area contributed by atoms with Gasteiger partial charge in [-0.2, -0.15) is 0 Å². The topological polar surface area (TPSA) is 29.9 Å². The molecular formula is C27H25N2O+. The Bertz CT molecular complexity index is 1480. The third-order valence-corrected chi connectivity index (χ3v) is 6.69. The van der Waals surface area contributed by atoms with Gasteiger partial charge >= 0.3 is 0 Å². The summed E-state index contributed by atoms with van der Waals surface area (Å²) in [6.45, 7) is 2.20. The summed E-state index contributed by atoms with van der Waals surface area (Å²) in [5.41, 5.74) is 6.19. The van der Waals surface area contributed by atoms with Gasteiger partial charge < -0.3 is 4.42 Å². The maximum Gasteiger partial charge on any atom is 0.227 e. The van der Waals surface area contributed by atoms with Crippen molar-refractivity contribution >= 4 is 32.8 Å². The van der Waals surface area contributed by atoms with Crippen LogP contribution in [0.2, 0.25) is 0 Å². The minimum absolute atomic E-state index is 0.479. The fourth-order valence-electron chi connectivity index (χ4n) is 5.15. The number of nitrogens with zero attached hydrogens (tertiary/aromatic N) is 2. The number of aromatic nitrogens is 2. The molecular weight excluding hydrogens is 368 g/mol. The highest BCUT2D eigenvalue weighted by molar-refractivity contribution is 6.21. The highest BCUT2D eigenvalue weighted by atomic mass is 16.3. The molecule has 3 heterocycles. The molecule has 1 aliphatic carbocycles. The number of pyridine rings is 2. The molecule has 1 fully saturated rings. The molecule has 0 aliphatic heterocycles. The molecule has 0 amide bonds. The molecule has 5 aromatic rings. The highest BCUT2D eigenvalue weighted by Gasteiger charge is 2.26. The van der Waals surface area contributed by atoms with E-state index in [-0.39, 0.29) is 0 Å². The molecule has 2 aromatic carbocycles. The number of fused-ring (bicyclic) bond motifs is 5. The number of furan rings is 1. The van der Waals surface area contributed by atoms with Crippen LogP contribution in [0, 0.1) is 6.92 Å². The Morgan fingerprint density at radius 2 is 1.80 bits per heavy atom. The summed E-state index contributed by atoms with van der Waals surface area (Å²) < 4.78 is 17.6. The summed E-state index contributed by atoms with van der Waals surface area (Å²) in [5, 5.41) is 4.45. The Morgan fingerprint density at radius 1 is 1.03 bits per heavy atom. The van der Waals surface area contributed by atoms with Crippen LogP contribution < -0.4 is 4.57 Å². The van der Waals surface area contributed by atoms with Crippen molar-refractivity contribution in [1.29, 1.82) is 0 Å². The predicted octanol–water partition coefficient (Wildman–Crippen LogP) is 6.59. The van der Waals surface area contributed by atoms with Gasteiger partial charge in [-0.1, -0.05) is 37.1 Å². The predicted molar refractivity (Wildman–Crippen MR) is 122 cm³/mol. The van der Waals surface area contributed by atoms with Crippen LogP contribution >= 0.6 is 0 Å². The number of hydrogen-bond donors (Lipinski definition) is 0. The maximum atomic E-state index is 9.06. The summed E-state index contributed by atoms with van der Waals surface area (Å²) in [6, 6.07) is 16.9.